The zero-order valence-corrected chi connectivity index (χ0v) is 12.4. The van der Waals surface area contributed by atoms with Crippen LogP contribution in [-0.4, -0.2) is 23.9 Å². The van der Waals surface area contributed by atoms with E-state index in [2.05, 4.69) is 32.1 Å². The van der Waals surface area contributed by atoms with Crippen molar-refractivity contribution in [3.8, 4) is 0 Å². The van der Waals surface area contributed by atoms with Gasteiger partial charge in [0.1, 0.15) is 0 Å². The Bertz CT molecular complexity index is 409. The van der Waals surface area contributed by atoms with E-state index in [0.29, 0.717) is 13.0 Å². The molecule has 1 rings (SSSR count). The van der Waals surface area contributed by atoms with E-state index in [0.717, 1.165) is 19.4 Å². The molecule has 2 heteroatoms. The van der Waals surface area contributed by atoms with Crippen LogP contribution in [0, 0.1) is 0 Å². The summed E-state index contributed by atoms with van der Waals surface area (Å²) in [6.07, 6.45) is 4.93. The van der Waals surface area contributed by atoms with Crippen LogP contribution in [0.3, 0.4) is 0 Å². The fraction of sp³-hybridized carbons (Fsp3) is 0.471. The molecule has 2 nitrogen and oxygen atoms in total. The summed E-state index contributed by atoms with van der Waals surface area (Å²) in [5.41, 5.74) is 2.45. The second-order valence-electron chi connectivity index (χ2n) is 4.80. The van der Waals surface area contributed by atoms with Crippen molar-refractivity contribution in [2.75, 3.05) is 13.1 Å². The molecule has 0 heterocycles. The van der Waals surface area contributed by atoms with Gasteiger partial charge in [-0.05, 0) is 24.5 Å². The molecule has 0 aromatic heterocycles. The monoisotopic (exact) mass is 259 g/mol. The van der Waals surface area contributed by atoms with E-state index in [1.165, 1.54) is 11.1 Å². The van der Waals surface area contributed by atoms with Crippen LogP contribution in [0.4, 0.5) is 0 Å². The smallest absolute Gasteiger partial charge is 0.222 e. The minimum Gasteiger partial charge on any atom is -0.339 e. The van der Waals surface area contributed by atoms with Gasteiger partial charge in [0, 0.05) is 19.5 Å². The van der Waals surface area contributed by atoms with E-state index >= 15 is 0 Å². The molecule has 0 fully saturated rings. The molecule has 0 unspecified atom stereocenters. The lowest BCUT2D eigenvalue weighted by molar-refractivity contribution is -0.130. The van der Waals surface area contributed by atoms with Gasteiger partial charge in [-0.3, -0.25) is 4.79 Å². The van der Waals surface area contributed by atoms with E-state index in [4.69, 9.17) is 0 Å². The molecule has 19 heavy (non-hydrogen) atoms. The normalized spacial score (nSPS) is 11.4. The molecule has 0 saturated heterocycles. The van der Waals surface area contributed by atoms with E-state index < -0.39 is 0 Å². The SMILES string of the molecule is CCCCN(C/C=C(/C)c1ccccc1)C(=O)CC. The third kappa shape index (κ3) is 5.29. The van der Waals surface area contributed by atoms with Crippen molar-refractivity contribution in [3.05, 3.63) is 42.0 Å². The Kier molecular flexibility index (Phi) is 6.94. The van der Waals surface area contributed by atoms with Crippen molar-refractivity contribution in [3.63, 3.8) is 0 Å². The second kappa shape index (κ2) is 8.52. The van der Waals surface area contributed by atoms with Crippen LogP contribution in [-0.2, 0) is 4.79 Å². The fourth-order valence-corrected chi connectivity index (χ4v) is 1.96. The van der Waals surface area contributed by atoms with Crippen LogP contribution < -0.4 is 0 Å². The molecule has 104 valence electrons. The average Bonchev–Trinajstić information content (AvgIpc) is 2.47. The van der Waals surface area contributed by atoms with Crippen molar-refractivity contribution >= 4 is 11.5 Å². The lowest BCUT2D eigenvalue weighted by atomic mass is 10.1. The van der Waals surface area contributed by atoms with E-state index in [1.807, 2.05) is 30.0 Å². The zero-order chi connectivity index (χ0) is 14.1. The number of nitrogens with zero attached hydrogens (tertiary/aromatic N) is 1. The van der Waals surface area contributed by atoms with Gasteiger partial charge in [0.15, 0.2) is 0 Å². The lowest BCUT2D eigenvalue weighted by Gasteiger charge is -2.20. The number of hydrogen-bond acceptors (Lipinski definition) is 1. The second-order valence-corrected chi connectivity index (χ2v) is 4.80. The summed E-state index contributed by atoms with van der Waals surface area (Å²) in [5.74, 6) is 0.241. The number of rotatable bonds is 7. The first-order valence-electron chi connectivity index (χ1n) is 7.19. The van der Waals surface area contributed by atoms with E-state index in [9.17, 15) is 4.79 Å². The number of amides is 1. The number of carbonyl (C=O) groups excluding carboxylic acids is 1. The Labute approximate surface area is 117 Å². The highest BCUT2D eigenvalue weighted by Crippen LogP contribution is 2.13. The van der Waals surface area contributed by atoms with Gasteiger partial charge in [0.2, 0.25) is 5.91 Å². The Hall–Kier alpha value is -1.57. The maximum atomic E-state index is 11.9. The molecule has 1 aromatic carbocycles. The molecular weight excluding hydrogens is 234 g/mol. The van der Waals surface area contributed by atoms with Gasteiger partial charge in [0.25, 0.3) is 0 Å². The molecule has 0 aliphatic carbocycles. The minimum atomic E-state index is 0.241. The van der Waals surface area contributed by atoms with Crippen LogP contribution in [0.15, 0.2) is 36.4 Å². The lowest BCUT2D eigenvalue weighted by Crippen LogP contribution is -2.31. The number of allylic oxidation sites excluding steroid dienone is 1. The molecule has 0 aliphatic heterocycles. The molecule has 1 amide bonds. The molecule has 0 saturated carbocycles. The standard InChI is InChI=1S/C17H25NO/c1-4-6-13-18(17(19)5-2)14-12-15(3)16-10-8-7-9-11-16/h7-12H,4-6,13-14H2,1-3H3/b15-12-. The molecule has 0 atom stereocenters. The first-order chi connectivity index (χ1) is 9.19. The molecule has 1 aromatic rings. The quantitative estimate of drug-likeness (QED) is 0.721. The Morgan fingerprint density at radius 1 is 1.21 bits per heavy atom. The van der Waals surface area contributed by atoms with Crippen LogP contribution in [0.25, 0.3) is 5.57 Å². The van der Waals surface area contributed by atoms with Gasteiger partial charge in [-0.15, -0.1) is 0 Å². The number of benzene rings is 1. The first-order valence-corrected chi connectivity index (χ1v) is 7.19. The van der Waals surface area contributed by atoms with Gasteiger partial charge in [0.05, 0.1) is 0 Å². The summed E-state index contributed by atoms with van der Waals surface area (Å²) in [5, 5.41) is 0. The van der Waals surface area contributed by atoms with Gasteiger partial charge in [-0.2, -0.15) is 0 Å². The highest BCUT2D eigenvalue weighted by atomic mass is 16.2. The number of unbranched alkanes of at least 4 members (excludes halogenated alkanes) is 1. The molecule has 0 aliphatic rings. The van der Waals surface area contributed by atoms with Gasteiger partial charge in [-0.25, -0.2) is 0 Å². The van der Waals surface area contributed by atoms with E-state index in [1.54, 1.807) is 0 Å². The third-order valence-corrected chi connectivity index (χ3v) is 3.28. The van der Waals surface area contributed by atoms with Gasteiger partial charge < -0.3 is 4.90 Å². The Balaban J connectivity index is 2.66. The predicted octanol–water partition coefficient (Wildman–Crippen LogP) is 4.13. The third-order valence-electron chi connectivity index (χ3n) is 3.28. The summed E-state index contributed by atoms with van der Waals surface area (Å²) < 4.78 is 0. The molecule has 0 bridgehead atoms. The number of hydrogen-bond donors (Lipinski definition) is 0. The van der Waals surface area contributed by atoms with Gasteiger partial charge in [-0.1, -0.05) is 56.7 Å². The summed E-state index contributed by atoms with van der Waals surface area (Å²) >= 11 is 0. The summed E-state index contributed by atoms with van der Waals surface area (Å²) in [4.78, 5) is 13.8. The zero-order valence-electron chi connectivity index (χ0n) is 12.4. The molecule has 0 spiro atoms. The summed E-state index contributed by atoms with van der Waals surface area (Å²) in [6.45, 7) is 7.76. The van der Waals surface area contributed by atoms with Crippen molar-refractivity contribution in [1.29, 1.82) is 0 Å². The van der Waals surface area contributed by atoms with Crippen LogP contribution in [0.5, 0.6) is 0 Å². The van der Waals surface area contributed by atoms with Crippen molar-refractivity contribution in [2.45, 2.75) is 40.0 Å². The fourth-order valence-electron chi connectivity index (χ4n) is 1.96. The first kappa shape index (κ1) is 15.5. The summed E-state index contributed by atoms with van der Waals surface area (Å²) in [7, 11) is 0. The largest absolute Gasteiger partial charge is 0.339 e. The minimum absolute atomic E-state index is 0.241. The van der Waals surface area contributed by atoms with Crippen LogP contribution in [0.1, 0.15) is 45.6 Å². The molecule has 0 N–H and O–H groups in total. The highest BCUT2D eigenvalue weighted by molar-refractivity contribution is 5.76. The van der Waals surface area contributed by atoms with Crippen molar-refractivity contribution in [1.82, 2.24) is 4.90 Å². The van der Waals surface area contributed by atoms with Crippen molar-refractivity contribution in [2.24, 2.45) is 0 Å². The predicted molar refractivity (Wildman–Crippen MR) is 81.9 cm³/mol. The Morgan fingerprint density at radius 2 is 1.89 bits per heavy atom. The topological polar surface area (TPSA) is 20.3 Å². The van der Waals surface area contributed by atoms with E-state index in [-0.39, 0.29) is 5.91 Å². The summed E-state index contributed by atoms with van der Waals surface area (Å²) in [6, 6.07) is 10.3. The maximum Gasteiger partial charge on any atom is 0.222 e. The van der Waals surface area contributed by atoms with Crippen LogP contribution >= 0.6 is 0 Å². The van der Waals surface area contributed by atoms with Crippen LogP contribution in [0.2, 0.25) is 0 Å². The highest BCUT2D eigenvalue weighted by Gasteiger charge is 2.09. The molecular formula is C17H25NO. The Morgan fingerprint density at radius 3 is 2.47 bits per heavy atom. The molecule has 0 radical (unpaired) electrons. The number of carbonyl (C=O) groups is 1. The maximum absolute atomic E-state index is 11.9. The average molecular weight is 259 g/mol. The van der Waals surface area contributed by atoms with Crippen molar-refractivity contribution < 1.29 is 4.79 Å². The van der Waals surface area contributed by atoms with Gasteiger partial charge >= 0.3 is 0 Å².